The van der Waals surface area contributed by atoms with E-state index in [2.05, 4.69) is 4.98 Å². The van der Waals surface area contributed by atoms with Crippen molar-refractivity contribution in [3.05, 3.63) is 24.0 Å². The Labute approximate surface area is 70.0 Å². The van der Waals surface area contributed by atoms with Crippen LogP contribution < -0.4 is 10.6 Å². The highest BCUT2D eigenvalue weighted by Crippen LogP contribution is 2.24. The number of hydrogen-bond acceptors (Lipinski definition) is 2. The minimum absolute atomic E-state index is 0.401. The van der Waals surface area contributed by atoms with Gasteiger partial charge in [-0.3, -0.25) is 9.88 Å². The second-order valence-electron chi connectivity index (χ2n) is 2.71. The summed E-state index contributed by atoms with van der Waals surface area (Å²) in [6.45, 7) is 0.654. The highest BCUT2D eigenvalue weighted by molar-refractivity contribution is 5.92. The first-order valence-electron chi connectivity index (χ1n) is 3.80. The lowest BCUT2D eigenvalue weighted by atomic mass is 10.3. The number of rotatable bonds is 0. The minimum Gasteiger partial charge on any atom is -0.351 e. The van der Waals surface area contributed by atoms with Gasteiger partial charge in [0.05, 0.1) is 11.4 Å². The second-order valence-corrected chi connectivity index (χ2v) is 2.71. The summed E-state index contributed by atoms with van der Waals surface area (Å²) in [7, 11) is 0. The second kappa shape index (κ2) is 2.48. The molecule has 12 heavy (non-hydrogen) atoms. The van der Waals surface area contributed by atoms with Crippen molar-refractivity contribution < 1.29 is 4.79 Å². The molecule has 4 nitrogen and oxygen atoms in total. The fraction of sp³-hybridized carbons (Fsp3) is 0.250. The van der Waals surface area contributed by atoms with Crippen molar-refractivity contribution in [3.63, 3.8) is 0 Å². The lowest BCUT2D eigenvalue weighted by molar-refractivity contribution is 0.254. The van der Waals surface area contributed by atoms with E-state index in [9.17, 15) is 4.79 Å². The van der Waals surface area contributed by atoms with Gasteiger partial charge in [0.25, 0.3) is 0 Å². The lowest BCUT2D eigenvalue weighted by Gasteiger charge is -2.12. The van der Waals surface area contributed by atoms with Crippen LogP contribution in [0.4, 0.5) is 10.5 Å². The first-order valence-corrected chi connectivity index (χ1v) is 3.80. The Morgan fingerprint density at radius 2 is 2.50 bits per heavy atom. The molecule has 0 fully saturated rings. The fourth-order valence-electron chi connectivity index (χ4n) is 1.43. The van der Waals surface area contributed by atoms with E-state index in [1.165, 1.54) is 0 Å². The molecule has 1 aromatic heterocycles. The van der Waals surface area contributed by atoms with Crippen molar-refractivity contribution in [2.75, 3.05) is 11.4 Å². The Kier molecular flexibility index (Phi) is 1.46. The molecule has 2 N–H and O–H groups in total. The van der Waals surface area contributed by atoms with Crippen LogP contribution in [0.5, 0.6) is 0 Å². The third-order valence-electron chi connectivity index (χ3n) is 2.00. The molecule has 62 valence electrons. The standard InChI is InChI=1S/C8H9N3O/c9-8(12)11-5-3-6-7(11)2-1-4-10-6/h1-2,4H,3,5H2,(H2,9,12). The smallest absolute Gasteiger partial charge is 0.319 e. The number of carbonyl (C=O) groups excluding carboxylic acids is 1. The molecule has 0 saturated carbocycles. The zero-order chi connectivity index (χ0) is 8.55. The van der Waals surface area contributed by atoms with E-state index >= 15 is 0 Å². The molecule has 0 spiro atoms. The number of anilines is 1. The van der Waals surface area contributed by atoms with Crippen LogP contribution in [0.15, 0.2) is 18.3 Å². The molecular formula is C8H9N3O. The van der Waals surface area contributed by atoms with Gasteiger partial charge in [0.1, 0.15) is 0 Å². The Morgan fingerprint density at radius 1 is 1.67 bits per heavy atom. The largest absolute Gasteiger partial charge is 0.351 e. The summed E-state index contributed by atoms with van der Waals surface area (Å²) in [5, 5.41) is 0. The number of fused-ring (bicyclic) bond motifs is 1. The van der Waals surface area contributed by atoms with Crippen LogP contribution in [0.3, 0.4) is 0 Å². The molecule has 2 heterocycles. The quantitative estimate of drug-likeness (QED) is 0.606. The van der Waals surface area contributed by atoms with E-state index < -0.39 is 6.03 Å². The van der Waals surface area contributed by atoms with Gasteiger partial charge in [0.2, 0.25) is 0 Å². The lowest BCUT2D eigenvalue weighted by Crippen LogP contribution is -2.33. The molecule has 4 heteroatoms. The molecule has 1 aliphatic heterocycles. The topological polar surface area (TPSA) is 59.2 Å². The molecular weight excluding hydrogens is 154 g/mol. The maximum atomic E-state index is 10.9. The van der Waals surface area contributed by atoms with E-state index in [0.717, 1.165) is 17.8 Å². The number of nitrogens with two attached hydrogens (primary N) is 1. The van der Waals surface area contributed by atoms with Gasteiger partial charge in [0.15, 0.2) is 0 Å². The third kappa shape index (κ3) is 0.922. The molecule has 0 aromatic carbocycles. The van der Waals surface area contributed by atoms with Crippen LogP contribution in [0.25, 0.3) is 0 Å². The number of hydrogen-bond donors (Lipinski definition) is 1. The van der Waals surface area contributed by atoms with Gasteiger partial charge in [-0.25, -0.2) is 4.79 Å². The van der Waals surface area contributed by atoms with Crippen LogP contribution in [-0.4, -0.2) is 17.6 Å². The number of nitrogens with zero attached hydrogens (tertiary/aromatic N) is 2. The molecule has 2 rings (SSSR count). The molecule has 0 atom stereocenters. The number of carbonyl (C=O) groups is 1. The van der Waals surface area contributed by atoms with E-state index in [4.69, 9.17) is 5.73 Å². The van der Waals surface area contributed by atoms with Crippen molar-refractivity contribution in [3.8, 4) is 0 Å². The average molecular weight is 163 g/mol. The van der Waals surface area contributed by atoms with E-state index in [0.29, 0.717) is 6.54 Å². The van der Waals surface area contributed by atoms with Crippen LogP contribution in [0, 0.1) is 0 Å². The number of aromatic nitrogens is 1. The Balaban J connectivity index is 2.42. The molecule has 0 radical (unpaired) electrons. The van der Waals surface area contributed by atoms with Crippen molar-refractivity contribution in [2.24, 2.45) is 5.73 Å². The molecule has 0 bridgehead atoms. The number of pyridine rings is 1. The first kappa shape index (κ1) is 7.09. The van der Waals surface area contributed by atoms with Gasteiger partial charge >= 0.3 is 6.03 Å². The van der Waals surface area contributed by atoms with Gasteiger partial charge in [-0.2, -0.15) is 0 Å². The molecule has 0 unspecified atom stereocenters. The summed E-state index contributed by atoms with van der Waals surface area (Å²) >= 11 is 0. The minimum atomic E-state index is -0.401. The van der Waals surface area contributed by atoms with Crippen molar-refractivity contribution in [1.29, 1.82) is 0 Å². The molecule has 0 aliphatic carbocycles. The van der Waals surface area contributed by atoms with Gasteiger partial charge in [-0.15, -0.1) is 0 Å². The summed E-state index contributed by atoms with van der Waals surface area (Å²) < 4.78 is 0. The fourth-order valence-corrected chi connectivity index (χ4v) is 1.43. The van der Waals surface area contributed by atoms with Crippen molar-refractivity contribution in [2.45, 2.75) is 6.42 Å². The van der Waals surface area contributed by atoms with Crippen molar-refractivity contribution >= 4 is 11.7 Å². The Hall–Kier alpha value is -1.58. The highest BCUT2D eigenvalue weighted by atomic mass is 16.2. The van der Waals surface area contributed by atoms with Gasteiger partial charge in [-0.1, -0.05) is 0 Å². The summed E-state index contributed by atoms with van der Waals surface area (Å²) in [6, 6.07) is 3.27. The first-order chi connectivity index (χ1) is 5.79. The number of urea groups is 1. The molecule has 2 amide bonds. The maximum Gasteiger partial charge on any atom is 0.319 e. The Bertz CT molecular complexity index is 324. The summed E-state index contributed by atoms with van der Waals surface area (Å²) in [4.78, 5) is 16.6. The maximum absolute atomic E-state index is 10.9. The monoisotopic (exact) mass is 163 g/mol. The van der Waals surface area contributed by atoms with E-state index in [-0.39, 0.29) is 0 Å². The van der Waals surface area contributed by atoms with Crippen molar-refractivity contribution in [1.82, 2.24) is 4.98 Å². The predicted octanol–water partition coefficient (Wildman–Crippen LogP) is 0.523. The zero-order valence-corrected chi connectivity index (χ0v) is 6.53. The van der Waals surface area contributed by atoms with Gasteiger partial charge in [-0.05, 0) is 12.1 Å². The van der Waals surface area contributed by atoms with Gasteiger partial charge < -0.3 is 5.73 Å². The van der Waals surface area contributed by atoms with E-state index in [1.54, 1.807) is 17.2 Å². The predicted molar refractivity (Wildman–Crippen MR) is 44.9 cm³/mol. The summed E-state index contributed by atoms with van der Waals surface area (Å²) in [5.41, 5.74) is 6.98. The zero-order valence-electron chi connectivity index (χ0n) is 6.53. The van der Waals surface area contributed by atoms with Crippen LogP contribution in [0.2, 0.25) is 0 Å². The Morgan fingerprint density at radius 3 is 3.25 bits per heavy atom. The van der Waals surface area contributed by atoms with Crippen LogP contribution in [0.1, 0.15) is 5.69 Å². The van der Waals surface area contributed by atoms with Gasteiger partial charge in [0, 0.05) is 19.2 Å². The average Bonchev–Trinajstić information content (AvgIpc) is 2.47. The van der Waals surface area contributed by atoms with E-state index in [1.807, 2.05) is 6.07 Å². The molecule has 1 aromatic rings. The normalized spacial score (nSPS) is 14.5. The summed E-state index contributed by atoms with van der Waals surface area (Å²) in [6.07, 6.45) is 2.53. The molecule has 0 saturated heterocycles. The van der Waals surface area contributed by atoms with Crippen LogP contribution in [-0.2, 0) is 6.42 Å². The SMILES string of the molecule is NC(=O)N1CCc2ncccc21. The molecule has 1 aliphatic rings. The summed E-state index contributed by atoms with van der Waals surface area (Å²) in [5.74, 6) is 0. The van der Waals surface area contributed by atoms with Crippen LogP contribution >= 0.6 is 0 Å². The number of amides is 2. The highest BCUT2D eigenvalue weighted by Gasteiger charge is 2.22. The number of primary amides is 1. The third-order valence-corrected chi connectivity index (χ3v) is 2.00.